The van der Waals surface area contributed by atoms with Crippen LogP contribution >= 0.6 is 15.9 Å². The summed E-state index contributed by atoms with van der Waals surface area (Å²) < 4.78 is 6.45. The van der Waals surface area contributed by atoms with E-state index in [1.54, 1.807) is 4.90 Å². The van der Waals surface area contributed by atoms with E-state index in [0.717, 1.165) is 22.9 Å². The molecule has 5 heteroatoms. The zero-order valence-corrected chi connectivity index (χ0v) is 11.9. The Morgan fingerprint density at radius 1 is 1.56 bits per heavy atom. The minimum Gasteiger partial charge on any atom is -0.484 e. The second kappa shape index (κ2) is 5.71. The van der Waals surface area contributed by atoms with Crippen molar-refractivity contribution in [3.8, 4) is 5.75 Å². The first-order valence-electron chi connectivity index (χ1n) is 5.98. The van der Waals surface area contributed by atoms with Gasteiger partial charge >= 0.3 is 0 Å². The third kappa shape index (κ3) is 3.23. The number of hydrogen-bond acceptors (Lipinski definition) is 3. The van der Waals surface area contributed by atoms with Crippen LogP contribution in [0.3, 0.4) is 0 Å². The highest BCUT2D eigenvalue weighted by molar-refractivity contribution is 9.10. The summed E-state index contributed by atoms with van der Waals surface area (Å²) in [6.45, 7) is 0.520. The van der Waals surface area contributed by atoms with Gasteiger partial charge in [0.15, 0.2) is 6.61 Å². The zero-order chi connectivity index (χ0) is 13.1. The molecule has 0 spiro atoms. The quantitative estimate of drug-likeness (QED) is 0.903. The van der Waals surface area contributed by atoms with Crippen molar-refractivity contribution >= 4 is 21.8 Å². The highest BCUT2D eigenvalue weighted by Gasteiger charge is 2.29. The van der Waals surface area contributed by atoms with E-state index >= 15 is 0 Å². The van der Waals surface area contributed by atoms with Crippen LogP contribution in [0.15, 0.2) is 22.7 Å². The Hall–Kier alpha value is -1.07. The molecular formula is C13H17BrN2O2. The summed E-state index contributed by atoms with van der Waals surface area (Å²) in [6.07, 6.45) is 2.22. The van der Waals surface area contributed by atoms with Crippen molar-refractivity contribution in [2.45, 2.75) is 25.4 Å². The molecule has 4 nitrogen and oxygen atoms in total. The highest BCUT2D eigenvalue weighted by Crippen LogP contribution is 2.26. The minimum absolute atomic E-state index is 0.0229. The molecule has 98 valence electrons. The predicted molar refractivity (Wildman–Crippen MR) is 73.3 cm³/mol. The Labute approximate surface area is 115 Å². The lowest BCUT2D eigenvalue weighted by Gasteiger charge is -2.16. The second-order valence-corrected chi connectivity index (χ2v) is 5.34. The highest BCUT2D eigenvalue weighted by atomic mass is 79.9. The first-order chi connectivity index (χ1) is 8.61. The molecule has 1 fully saturated rings. The maximum Gasteiger partial charge on any atom is 0.260 e. The summed E-state index contributed by atoms with van der Waals surface area (Å²) in [4.78, 5) is 13.6. The number of ether oxygens (including phenoxy) is 1. The topological polar surface area (TPSA) is 55.6 Å². The molecule has 2 rings (SSSR count). The molecule has 0 atom stereocenters. The number of benzene rings is 1. The fourth-order valence-electron chi connectivity index (χ4n) is 1.71. The number of hydrogen-bond donors (Lipinski definition) is 1. The maximum absolute atomic E-state index is 11.8. The van der Waals surface area contributed by atoms with Gasteiger partial charge in [-0.15, -0.1) is 0 Å². The van der Waals surface area contributed by atoms with Gasteiger partial charge in [-0.1, -0.05) is 15.9 Å². The number of amides is 1. The lowest BCUT2D eigenvalue weighted by atomic mass is 10.2. The molecule has 0 radical (unpaired) electrons. The average molecular weight is 313 g/mol. The van der Waals surface area contributed by atoms with E-state index < -0.39 is 0 Å². The molecule has 0 saturated heterocycles. The van der Waals surface area contributed by atoms with Crippen LogP contribution in [0.1, 0.15) is 18.4 Å². The van der Waals surface area contributed by atoms with Crippen LogP contribution < -0.4 is 10.5 Å². The minimum atomic E-state index is 0.0229. The van der Waals surface area contributed by atoms with Crippen molar-refractivity contribution in [1.82, 2.24) is 4.90 Å². The van der Waals surface area contributed by atoms with Crippen LogP contribution in [0, 0.1) is 0 Å². The third-order valence-electron chi connectivity index (χ3n) is 3.09. The van der Waals surface area contributed by atoms with Crippen molar-refractivity contribution in [3.05, 3.63) is 28.2 Å². The normalized spacial score (nSPS) is 14.4. The van der Waals surface area contributed by atoms with Crippen molar-refractivity contribution in [1.29, 1.82) is 0 Å². The standard InChI is InChI=1S/C13H17BrN2O2/c1-16(10-2-3-10)13(17)8-18-11-4-5-12(14)9(6-11)7-15/h4-6,10H,2-3,7-8,15H2,1H3. The van der Waals surface area contributed by atoms with Crippen molar-refractivity contribution in [2.75, 3.05) is 13.7 Å². The van der Waals surface area contributed by atoms with Gasteiger partial charge in [0.2, 0.25) is 0 Å². The van der Waals surface area contributed by atoms with Crippen molar-refractivity contribution < 1.29 is 9.53 Å². The molecule has 1 aromatic carbocycles. The van der Waals surface area contributed by atoms with Gasteiger partial charge in [-0.2, -0.15) is 0 Å². The molecule has 0 aromatic heterocycles. The van der Waals surface area contributed by atoms with Crippen LogP contribution in [0.5, 0.6) is 5.75 Å². The van der Waals surface area contributed by atoms with E-state index in [2.05, 4.69) is 15.9 Å². The summed E-state index contributed by atoms with van der Waals surface area (Å²) in [5, 5.41) is 0. The van der Waals surface area contributed by atoms with E-state index in [9.17, 15) is 4.79 Å². The fourth-order valence-corrected chi connectivity index (χ4v) is 2.12. The van der Waals surface area contributed by atoms with Gasteiger partial charge in [-0.3, -0.25) is 4.79 Å². The molecule has 1 aliphatic rings. The molecule has 0 unspecified atom stereocenters. The lowest BCUT2D eigenvalue weighted by molar-refractivity contribution is -0.132. The van der Waals surface area contributed by atoms with Crippen LogP contribution in [0.2, 0.25) is 0 Å². The first-order valence-corrected chi connectivity index (χ1v) is 6.78. The Bertz CT molecular complexity index is 447. The van der Waals surface area contributed by atoms with Crippen LogP contribution in [0.4, 0.5) is 0 Å². The number of rotatable bonds is 5. The van der Waals surface area contributed by atoms with Gasteiger partial charge in [-0.05, 0) is 36.6 Å². The number of likely N-dealkylation sites (N-methyl/N-ethyl adjacent to an activating group) is 1. The van der Waals surface area contributed by atoms with Crippen LogP contribution in [0.25, 0.3) is 0 Å². The smallest absolute Gasteiger partial charge is 0.260 e. The number of carbonyl (C=O) groups is 1. The van der Waals surface area contributed by atoms with Gasteiger partial charge in [0.25, 0.3) is 5.91 Å². The lowest BCUT2D eigenvalue weighted by Crippen LogP contribution is -2.33. The van der Waals surface area contributed by atoms with Gasteiger partial charge in [0.1, 0.15) is 5.75 Å². The molecule has 1 aliphatic carbocycles. The summed E-state index contributed by atoms with van der Waals surface area (Å²) in [5.41, 5.74) is 6.58. The second-order valence-electron chi connectivity index (χ2n) is 4.48. The number of nitrogens with two attached hydrogens (primary N) is 1. The Morgan fingerprint density at radius 3 is 2.89 bits per heavy atom. The molecule has 0 heterocycles. The van der Waals surface area contributed by atoms with E-state index in [-0.39, 0.29) is 12.5 Å². The van der Waals surface area contributed by atoms with E-state index in [0.29, 0.717) is 18.3 Å². The van der Waals surface area contributed by atoms with Gasteiger partial charge < -0.3 is 15.4 Å². The van der Waals surface area contributed by atoms with E-state index in [1.807, 2.05) is 25.2 Å². The van der Waals surface area contributed by atoms with Gasteiger partial charge in [0.05, 0.1) is 0 Å². The van der Waals surface area contributed by atoms with Gasteiger partial charge in [-0.25, -0.2) is 0 Å². The monoisotopic (exact) mass is 312 g/mol. The largest absolute Gasteiger partial charge is 0.484 e. The third-order valence-corrected chi connectivity index (χ3v) is 3.86. The summed E-state index contributed by atoms with van der Waals surface area (Å²) in [5.74, 6) is 0.700. The molecular weight excluding hydrogens is 296 g/mol. The Balaban J connectivity index is 1.91. The SMILES string of the molecule is CN(C(=O)COc1ccc(Br)c(CN)c1)C1CC1. The summed E-state index contributed by atoms with van der Waals surface area (Å²) in [6, 6.07) is 5.99. The average Bonchev–Trinajstić information content (AvgIpc) is 3.20. The fraction of sp³-hybridized carbons (Fsp3) is 0.462. The maximum atomic E-state index is 11.8. The molecule has 1 aromatic rings. The predicted octanol–water partition coefficient (Wildman–Crippen LogP) is 1.91. The van der Waals surface area contributed by atoms with Crippen LogP contribution in [-0.2, 0) is 11.3 Å². The van der Waals surface area contributed by atoms with Gasteiger partial charge in [0, 0.05) is 24.1 Å². The molecule has 1 saturated carbocycles. The number of nitrogens with zero attached hydrogens (tertiary/aromatic N) is 1. The Morgan fingerprint density at radius 2 is 2.28 bits per heavy atom. The number of halogens is 1. The molecule has 0 aliphatic heterocycles. The summed E-state index contributed by atoms with van der Waals surface area (Å²) >= 11 is 3.41. The molecule has 0 bridgehead atoms. The van der Waals surface area contributed by atoms with E-state index in [1.165, 1.54) is 0 Å². The summed E-state index contributed by atoms with van der Waals surface area (Å²) in [7, 11) is 1.83. The molecule has 1 amide bonds. The Kier molecular flexibility index (Phi) is 4.24. The number of carbonyl (C=O) groups excluding carboxylic acids is 1. The van der Waals surface area contributed by atoms with Crippen molar-refractivity contribution in [3.63, 3.8) is 0 Å². The zero-order valence-electron chi connectivity index (χ0n) is 10.4. The van der Waals surface area contributed by atoms with Crippen LogP contribution in [-0.4, -0.2) is 30.5 Å². The van der Waals surface area contributed by atoms with E-state index in [4.69, 9.17) is 10.5 Å². The molecule has 18 heavy (non-hydrogen) atoms. The molecule has 2 N–H and O–H groups in total. The van der Waals surface area contributed by atoms with Crippen molar-refractivity contribution in [2.24, 2.45) is 5.73 Å². The first kappa shape index (κ1) is 13.4.